The highest BCUT2D eigenvalue weighted by atomic mass is 35.5. The van der Waals surface area contributed by atoms with Crippen molar-refractivity contribution < 1.29 is 0 Å². The fraction of sp³-hybridized carbons (Fsp3) is 0. The fourth-order valence-corrected chi connectivity index (χ4v) is 1.56. The molecule has 69 valence electrons. The van der Waals surface area contributed by atoms with Crippen molar-refractivity contribution in [3.05, 3.63) is 66.0 Å². The molecule has 0 aliphatic rings. The maximum Gasteiger partial charge on any atom is 0.0406 e. The molecule has 0 heterocycles. The van der Waals surface area contributed by atoms with E-state index in [2.05, 4.69) is 13.0 Å². The molecule has 0 N–H and O–H groups in total. The summed E-state index contributed by atoms with van der Waals surface area (Å²) in [6, 6.07) is 15.9. The first-order valence-corrected chi connectivity index (χ1v) is 4.82. The second kappa shape index (κ2) is 3.85. The lowest BCUT2D eigenvalue weighted by Gasteiger charge is -2.04. The van der Waals surface area contributed by atoms with Crippen LogP contribution in [-0.2, 0) is 0 Å². The Morgan fingerprint density at radius 1 is 0.857 bits per heavy atom. The van der Waals surface area contributed by atoms with Crippen LogP contribution in [0.2, 0.25) is 5.02 Å². The van der Waals surface area contributed by atoms with Gasteiger partial charge in [0.2, 0.25) is 0 Å². The molecule has 0 aromatic heterocycles. The Morgan fingerprint density at radius 2 is 1.50 bits per heavy atom. The van der Waals surface area contributed by atoms with Gasteiger partial charge in [-0.25, -0.2) is 0 Å². The number of hydrogen-bond acceptors (Lipinski definition) is 0. The van der Waals surface area contributed by atoms with Gasteiger partial charge in [-0.2, -0.15) is 0 Å². The number of halogens is 1. The van der Waals surface area contributed by atoms with E-state index >= 15 is 0 Å². The van der Waals surface area contributed by atoms with Crippen molar-refractivity contribution in [2.24, 2.45) is 0 Å². The molecule has 0 saturated carbocycles. The van der Waals surface area contributed by atoms with E-state index in [1.807, 2.05) is 42.5 Å². The highest BCUT2D eigenvalue weighted by Crippen LogP contribution is 2.24. The molecule has 0 aliphatic carbocycles. The molecule has 14 heavy (non-hydrogen) atoms. The van der Waals surface area contributed by atoms with E-state index < -0.39 is 0 Å². The maximum atomic E-state index is 5.82. The Balaban J connectivity index is 2.50. The Kier molecular flexibility index (Phi) is 2.55. The largest absolute Gasteiger partial charge is 0.0843 e. The van der Waals surface area contributed by atoms with Crippen LogP contribution >= 0.6 is 11.6 Å². The number of benzene rings is 2. The molecule has 2 aromatic carbocycles. The number of rotatable bonds is 1. The molecule has 1 radical (unpaired) electrons. The topological polar surface area (TPSA) is 0 Å². The zero-order chi connectivity index (χ0) is 9.97. The van der Waals surface area contributed by atoms with Gasteiger partial charge in [-0.1, -0.05) is 48.0 Å². The predicted octanol–water partition coefficient (Wildman–Crippen LogP) is 4.19. The zero-order valence-corrected chi connectivity index (χ0v) is 8.46. The first-order valence-electron chi connectivity index (χ1n) is 4.44. The minimum absolute atomic E-state index is 0.760. The highest BCUT2D eigenvalue weighted by molar-refractivity contribution is 6.30. The van der Waals surface area contributed by atoms with Gasteiger partial charge in [0, 0.05) is 5.02 Å². The van der Waals surface area contributed by atoms with Crippen LogP contribution in [0.3, 0.4) is 0 Å². The zero-order valence-electron chi connectivity index (χ0n) is 7.70. The second-order valence-electron chi connectivity index (χ2n) is 3.16. The summed E-state index contributed by atoms with van der Waals surface area (Å²) in [5, 5.41) is 0.760. The third-order valence-electron chi connectivity index (χ3n) is 2.17. The quantitative estimate of drug-likeness (QED) is 0.649. The SMILES string of the molecule is [CH2]c1ccccc1-c1ccc(Cl)cc1. The van der Waals surface area contributed by atoms with Gasteiger partial charge in [0.1, 0.15) is 0 Å². The van der Waals surface area contributed by atoms with Crippen LogP contribution in [0.5, 0.6) is 0 Å². The molecule has 0 unspecified atom stereocenters. The summed E-state index contributed by atoms with van der Waals surface area (Å²) >= 11 is 5.82. The Morgan fingerprint density at radius 3 is 2.14 bits per heavy atom. The summed E-state index contributed by atoms with van der Waals surface area (Å²) in [6.07, 6.45) is 0. The van der Waals surface area contributed by atoms with E-state index in [1.165, 1.54) is 0 Å². The average molecular weight is 202 g/mol. The van der Waals surface area contributed by atoms with Gasteiger partial charge < -0.3 is 0 Å². The molecule has 1 heteroatoms. The van der Waals surface area contributed by atoms with E-state index in [0.29, 0.717) is 0 Å². The molecular weight excluding hydrogens is 192 g/mol. The standard InChI is InChI=1S/C13H10Cl/c1-10-4-2-3-5-13(10)11-6-8-12(14)9-7-11/h2-9H,1H2. The van der Waals surface area contributed by atoms with Crippen LogP contribution in [0.4, 0.5) is 0 Å². The summed E-state index contributed by atoms with van der Waals surface area (Å²) in [7, 11) is 0. The third kappa shape index (κ3) is 1.80. The highest BCUT2D eigenvalue weighted by Gasteiger charge is 1.99. The minimum atomic E-state index is 0.760. The summed E-state index contributed by atoms with van der Waals surface area (Å²) in [6.45, 7) is 3.99. The first-order chi connectivity index (χ1) is 6.77. The normalized spacial score (nSPS) is 10.1. The van der Waals surface area contributed by atoms with E-state index in [-0.39, 0.29) is 0 Å². The van der Waals surface area contributed by atoms with Gasteiger partial charge in [-0.15, -0.1) is 0 Å². The Bertz CT molecular complexity index is 429. The van der Waals surface area contributed by atoms with Crippen LogP contribution in [0.1, 0.15) is 5.56 Å². The molecule has 0 amide bonds. The molecule has 0 bridgehead atoms. The van der Waals surface area contributed by atoms with Crippen LogP contribution < -0.4 is 0 Å². The molecule has 0 saturated heterocycles. The van der Waals surface area contributed by atoms with Crippen molar-refractivity contribution >= 4 is 11.6 Å². The Hall–Kier alpha value is -1.27. The Labute approximate surface area is 89.2 Å². The molecule has 0 aliphatic heterocycles. The van der Waals surface area contributed by atoms with Gasteiger partial charge in [0.15, 0.2) is 0 Å². The van der Waals surface area contributed by atoms with Crippen LogP contribution in [0.25, 0.3) is 11.1 Å². The molecule has 0 atom stereocenters. The van der Waals surface area contributed by atoms with Crippen molar-refractivity contribution in [1.82, 2.24) is 0 Å². The lowest BCUT2D eigenvalue weighted by atomic mass is 10.0. The summed E-state index contributed by atoms with van der Waals surface area (Å²) in [5.74, 6) is 0. The predicted molar refractivity (Wildman–Crippen MR) is 61.3 cm³/mol. The minimum Gasteiger partial charge on any atom is -0.0843 e. The van der Waals surface area contributed by atoms with E-state index in [1.54, 1.807) is 0 Å². The van der Waals surface area contributed by atoms with Crippen molar-refractivity contribution in [2.45, 2.75) is 0 Å². The van der Waals surface area contributed by atoms with Gasteiger partial charge >= 0.3 is 0 Å². The molecular formula is C13H10Cl. The molecule has 0 nitrogen and oxygen atoms in total. The van der Waals surface area contributed by atoms with Crippen molar-refractivity contribution in [3.63, 3.8) is 0 Å². The fourth-order valence-electron chi connectivity index (χ4n) is 1.43. The van der Waals surface area contributed by atoms with Gasteiger partial charge in [0.05, 0.1) is 0 Å². The van der Waals surface area contributed by atoms with Gasteiger partial charge in [-0.05, 0) is 35.7 Å². The molecule has 2 rings (SSSR count). The monoisotopic (exact) mass is 201 g/mol. The van der Waals surface area contributed by atoms with Crippen LogP contribution in [0.15, 0.2) is 48.5 Å². The van der Waals surface area contributed by atoms with Crippen molar-refractivity contribution in [2.75, 3.05) is 0 Å². The number of hydrogen-bond donors (Lipinski definition) is 0. The summed E-state index contributed by atoms with van der Waals surface area (Å²) in [5.41, 5.74) is 3.35. The van der Waals surface area contributed by atoms with Crippen LogP contribution in [-0.4, -0.2) is 0 Å². The van der Waals surface area contributed by atoms with Gasteiger partial charge in [-0.3, -0.25) is 0 Å². The van der Waals surface area contributed by atoms with Gasteiger partial charge in [0.25, 0.3) is 0 Å². The van der Waals surface area contributed by atoms with Crippen LogP contribution in [0, 0.1) is 6.92 Å². The molecule has 0 spiro atoms. The lowest BCUT2D eigenvalue weighted by molar-refractivity contribution is 1.56. The van der Waals surface area contributed by atoms with E-state index in [0.717, 1.165) is 21.7 Å². The smallest absolute Gasteiger partial charge is 0.0406 e. The molecule has 2 aromatic rings. The van der Waals surface area contributed by atoms with E-state index in [4.69, 9.17) is 11.6 Å². The molecule has 0 fully saturated rings. The van der Waals surface area contributed by atoms with E-state index in [9.17, 15) is 0 Å². The summed E-state index contributed by atoms with van der Waals surface area (Å²) < 4.78 is 0. The average Bonchev–Trinajstić information content (AvgIpc) is 2.20. The third-order valence-corrected chi connectivity index (χ3v) is 2.42. The maximum absolute atomic E-state index is 5.82. The summed E-state index contributed by atoms with van der Waals surface area (Å²) in [4.78, 5) is 0. The second-order valence-corrected chi connectivity index (χ2v) is 3.60. The first kappa shape index (κ1) is 9.29. The van der Waals surface area contributed by atoms with Crippen molar-refractivity contribution in [3.8, 4) is 11.1 Å². The lowest BCUT2D eigenvalue weighted by Crippen LogP contribution is -1.81. The van der Waals surface area contributed by atoms with Crippen molar-refractivity contribution in [1.29, 1.82) is 0 Å².